The van der Waals surface area contributed by atoms with Crippen LogP contribution in [-0.2, 0) is 11.3 Å². The van der Waals surface area contributed by atoms with Gasteiger partial charge in [-0.3, -0.25) is 4.79 Å². The van der Waals surface area contributed by atoms with Crippen molar-refractivity contribution in [2.45, 2.75) is 6.54 Å². The van der Waals surface area contributed by atoms with E-state index >= 15 is 0 Å². The molecule has 0 heterocycles. The Bertz CT molecular complexity index is 711. The van der Waals surface area contributed by atoms with E-state index in [9.17, 15) is 4.79 Å². The van der Waals surface area contributed by atoms with Gasteiger partial charge in [-0.05, 0) is 17.7 Å². The summed E-state index contributed by atoms with van der Waals surface area (Å²) in [6.45, 7) is 0.479. The number of amides is 1. The highest BCUT2D eigenvalue weighted by Gasteiger charge is 2.10. The minimum atomic E-state index is -0.185. The van der Waals surface area contributed by atoms with E-state index in [1.807, 2.05) is 30.3 Å². The topological polar surface area (TPSA) is 56.8 Å². The zero-order chi connectivity index (χ0) is 17.4. The van der Waals surface area contributed by atoms with E-state index in [0.29, 0.717) is 23.8 Å². The van der Waals surface area contributed by atoms with Gasteiger partial charge < -0.3 is 19.5 Å². The summed E-state index contributed by atoms with van der Waals surface area (Å²) in [7, 11) is 4.68. The van der Waals surface area contributed by atoms with Crippen LogP contribution in [0.25, 0.3) is 6.08 Å². The van der Waals surface area contributed by atoms with Gasteiger partial charge in [0.15, 0.2) is 11.5 Å². The SMILES string of the molecule is COc1cc(OC)c(OC)cc1/C=C/C(=O)NCc1ccccc1. The Morgan fingerprint density at radius 1 is 0.958 bits per heavy atom. The molecule has 0 bridgehead atoms. The molecule has 24 heavy (non-hydrogen) atoms. The Kier molecular flexibility index (Phi) is 6.25. The number of methoxy groups -OCH3 is 3. The largest absolute Gasteiger partial charge is 0.496 e. The minimum Gasteiger partial charge on any atom is -0.496 e. The summed E-state index contributed by atoms with van der Waals surface area (Å²) in [6.07, 6.45) is 3.15. The summed E-state index contributed by atoms with van der Waals surface area (Å²) in [5.74, 6) is 1.55. The molecule has 2 aromatic carbocycles. The standard InChI is InChI=1S/C19H21NO4/c1-22-16-12-18(24-3)17(23-2)11-15(16)9-10-19(21)20-13-14-7-5-4-6-8-14/h4-12H,13H2,1-3H3,(H,20,21)/b10-9+. The zero-order valence-corrected chi connectivity index (χ0v) is 14.0. The summed E-state index contributed by atoms with van der Waals surface area (Å²) < 4.78 is 15.8. The van der Waals surface area contributed by atoms with Crippen molar-refractivity contribution in [3.8, 4) is 17.2 Å². The van der Waals surface area contributed by atoms with E-state index in [-0.39, 0.29) is 5.91 Å². The first kappa shape index (κ1) is 17.4. The van der Waals surface area contributed by atoms with Crippen molar-refractivity contribution < 1.29 is 19.0 Å². The van der Waals surface area contributed by atoms with E-state index in [1.54, 1.807) is 39.5 Å². The second-order valence-corrected chi connectivity index (χ2v) is 4.99. The third-order valence-corrected chi connectivity index (χ3v) is 3.46. The van der Waals surface area contributed by atoms with Gasteiger partial charge >= 0.3 is 0 Å². The molecular formula is C19H21NO4. The lowest BCUT2D eigenvalue weighted by molar-refractivity contribution is -0.116. The van der Waals surface area contributed by atoms with Crippen molar-refractivity contribution >= 4 is 12.0 Å². The third kappa shape index (κ3) is 4.52. The Morgan fingerprint density at radius 3 is 2.21 bits per heavy atom. The lowest BCUT2D eigenvalue weighted by atomic mass is 10.1. The van der Waals surface area contributed by atoms with Crippen molar-refractivity contribution in [3.05, 3.63) is 59.7 Å². The number of ether oxygens (including phenoxy) is 3. The molecule has 1 amide bonds. The quantitative estimate of drug-likeness (QED) is 0.794. The Morgan fingerprint density at radius 2 is 1.58 bits per heavy atom. The van der Waals surface area contributed by atoms with Gasteiger partial charge in [0.2, 0.25) is 5.91 Å². The molecule has 0 saturated heterocycles. The van der Waals surface area contributed by atoms with Crippen molar-refractivity contribution in [2.24, 2.45) is 0 Å². The molecule has 0 atom stereocenters. The monoisotopic (exact) mass is 327 g/mol. The Balaban J connectivity index is 2.08. The molecule has 1 N–H and O–H groups in total. The molecule has 5 nitrogen and oxygen atoms in total. The highest BCUT2D eigenvalue weighted by Crippen LogP contribution is 2.35. The van der Waals surface area contributed by atoms with Crippen LogP contribution >= 0.6 is 0 Å². The molecule has 5 heteroatoms. The van der Waals surface area contributed by atoms with Crippen molar-refractivity contribution in [1.82, 2.24) is 5.32 Å². The number of hydrogen-bond donors (Lipinski definition) is 1. The first-order chi connectivity index (χ1) is 11.7. The molecule has 0 radical (unpaired) electrons. The molecule has 0 unspecified atom stereocenters. The predicted molar refractivity (Wildman–Crippen MR) is 93.4 cm³/mol. The van der Waals surface area contributed by atoms with Crippen molar-refractivity contribution in [3.63, 3.8) is 0 Å². The molecule has 2 rings (SSSR count). The van der Waals surface area contributed by atoms with Crippen molar-refractivity contribution in [1.29, 1.82) is 0 Å². The molecule has 0 aromatic heterocycles. The van der Waals surface area contributed by atoms with Gasteiger partial charge in [0, 0.05) is 24.3 Å². The van der Waals surface area contributed by atoms with Crippen LogP contribution in [0.5, 0.6) is 17.2 Å². The molecule has 0 saturated carbocycles. The number of rotatable bonds is 7. The lowest BCUT2D eigenvalue weighted by Gasteiger charge is -2.12. The lowest BCUT2D eigenvalue weighted by Crippen LogP contribution is -2.20. The molecular weight excluding hydrogens is 306 g/mol. The molecule has 0 aliphatic carbocycles. The van der Waals surface area contributed by atoms with Crippen LogP contribution < -0.4 is 19.5 Å². The number of carbonyl (C=O) groups excluding carboxylic acids is 1. The molecule has 0 aliphatic rings. The number of benzene rings is 2. The summed E-state index contributed by atoms with van der Waals surface area (Å²) in [4.78, 5) is 12.0. The van der Waals surface area contributed by atoms with Gasteiger partial charge in [0.1, 0.15) is 5.75 Å². The van der Waals surface area contributed by atoms with Crippen LogP contribution in [0.15, 0.2) is 48.5 Å². The van der Waals surface area contributed by atoms with Crippen LogP contribution in [0, 0.1) is 0 Å². The number of carbonyl (C=O) groups is 1. The van der Waals surface area contributed by atoms with Crippen molar-refractivity contribution in [2.75, 3.05) is 21.3 Å². The highest BCUT2D eigenvalue weighted by molar-refractivity contribution is 5.92. The Labute approximate surface area is 141 Å². The van der Waals surface area contributed by atoms with Crippen LogP contribution in [0.1, 0.15) is 11.1 Å². The van der Waals surface area contributed by atoms with Gasteiger partial charge in [-0.25, -0.2) is 0 Å². The normalized spacial score (nSPS) is 10.5. The van der Waals surface area contributed by atoms with E-state index in [1.165, 1.54) is 6.08 Å². The average Bonchev–Trinajstić information content (AvgIpc) is 2.64. The first-order valence-corrected chi connectivity index (χ1v) is 7.47. The van der Waals surface area contributed by atoms with Gasteiger partial charge in [0.05, 0.1) is 21.3 Å². The maximum absolute atomic E-state index is 12.0. The van der Waals surface area contributed by atoms with Gasteiger partial charge in [-0.2, -0.15) is 0 Å². The Hall–Kier alpha value is -2.95. The fraction of sp³-hybridized carbons (Fsp3) is 0.211. The summed E-state index contributed by atoms with van der Waals surface area (Å²) in [6, 6.07) is 13.2. The molecule has 0 aliphatic heterocycles. The smallest absolute Gasteiger partial charge is 0.244 e. The van der Waals surface area contributed by atoms with E-state index in [0.717, 1.165) is 11.1 Å². The zero-order valence-electron chi connectivity index (χ0n) is 14.0. The van der Waals surface area contributed by atoms with Crippen LogP contribution in [0.3, 0.4) is 0 Å². The van der Waals surface area contributed by atoms with Gasteiger partial charge in [-0.15, -0.1) is 0 Å². The highest BCUT2D eigenvalue weighted by atomic mass is 16.5. The predicted octanol–water partition coefficient (Wildman–Crippen LogP) is 3.04. The minimum absolute atomic E-state index is 0.185. The molecule has 0 spiro atoms. The number of hydrogen-bond acceptors (Lipinski definition) is 4. The molecule has 126 valence electrons. The number of nitrogens with one attached hydrogen (secondary N) is 1. The van der Waals surface area contributed by atoms with E-state index in [2.05, 4.69) is 5.32 Å². The first-order valence-electron chi connectivity index (χ1n) is 7.47. The molecule has 2 aromatic rings. The summed E-state index contributed by atoms with van der Waals surface area (Å²) in [5.41, 5.74) is 1.77. The fourth-order valence-corrected chi connectivity index (χ4v) is 2.19. The van der Waals surface area contributed by atoms with Crippen LogP contribution in [-0.4, -0.2) is 27.2 Å². The maximum Gasteiger partial charge on any atom is 0.244 e. The van der Waals surface area contributed by atoms with E-state index < -0.39 is 0 Å². The van der Waals surface area contributed by atoms with E-state index in [4.69, 9.17) is 14.2 Å². The summed E-state index contributed by atoms with van der Waals surface area (Å²) >= 11 is 0. The average molecular weight is 327 g/mol. The van der Waals surface area contributed by atoms with Gasteiger partial charge in [0.25, 0.3) is 0 Å². The second kappa shape index (κ2) is 8.62. The summed E-state index contributed by atoms with van der Waals surface area (Å²) in [5, 5.41) is 2.84. The third-order valence-electron chi connectivity index (χ3n) is 3.46. The fourth-order valence-electron chi connectivity index (χ4n) is 2.19. The molecule has 0 fully saturated rings. The maximum atomic E-state index is 12.0. The second-order valence-electron chi connectivity index (χ2n) is 4.99. The van der Waals surface area contributed by atoms with Crippen LogP contribution in [0.2, 0.25) is 0 Å². The van der Waals surface area contributed by atoms with Gasteiger partial charge in [-0.1, -0.05) is 30.3 Å². The van der Waals surface area contributed by atoms with Crippen LogP contribution in [0.4, 0.5) is 0 Å².